The standard InChI is InChI=1S/C15H20F3N3O/c1-14(2)8-21(9-14)4-3-20-13(22)10-5-11(15(16,17)18)7-12(19)6-10/h5-7H,3-4,8-9,19H2,1-2H3,(H,20,22). The van der Waals surface area contributed by atoms with Crippen LogP contribution < -0.4 is 11.1 Å². The van der Waals surface area contributed by atoms with Gasteiger partial charge < -0.3 is 16.0 Å². The summed E-state index contributed by atoms with van der Waals surface area (Å²) in [5.41, 5.74) is 4.68. The van der Waals surface area contributed by atoms with Gasteiger partial charge in [-0.05, 0) is 23.6 Å². The lowest BCUT2D eigenvalue weighted by molar-refractivity contribution is -0.137. The van der Waals surface area contributed by atoms with Crippen molar-refractivity contribution in [3.05, 3.63) is 29.3 Å². The lowest BCUT2D eigenvalue weighted by Gasteiger charge is -2.45. The minimum absolute atomic E-state index is 0.0729. The van der Waals surface area contributed by atoms with E-state index in [-0.39, 0.29) is 11.3 Å². The molecule has 0 spiro atoms. The average Bonchev–Trinajstić information content (AvgIpc) is 2.34. The first-order chi connectivity index (χ1) is 10.1. The second-order valence-electron chi connectivity index (χ2n) is 6.47. The summed E-state index contributed by atoms with van der Waals surface area (Å²) in [6.07, 6.45) is -4.52. The van der Waals surface area contributed by atoms with E-state index in [1.807, 2.05) is 0 Å². The Kier molecular flexibility index (Phi) is 4.37. The third-order valence-corrected chi connectivity index (χ3v) is 3.56. The average molecular weight is 315 g/mol. The van der Waals surface area contributed by atoms with Crippen LogP contribution in [0.2, 0.25) is 0 Å². The number of nitrogen functional groups attached to an aromatic ring is 1. The van der Waals surface area contributed by atoms with Crippen LogP contribution in [0.25, 0.3) is 0 Å². The Morgan fingerprint density at radius 1 is 1.32 bits per heavy atom. The van der Waals surface area contributed by atoms with E-state index < -0.39 is 17.6 Å². The molecular weight excluding hydrogens is 295 g/mol. The number of halogens is 3. The first kappa shape index (κ1) is 16.6. The number of hydrogen-bond donors (Lipinski definition) is 2. The van der Waals surface area contributed by atoms with Crippen molar-refractivity contribution in [1.29, 1.82) is 0 Å². The molecule has 1 fully saturated rings. The lowest BCUT2D eigenvalue weighted by Crippen LogP contribution is -2.54. The molecule has 3 N–H and O–H groups in total. The molecule has 0 unspecified atom stereocenters. The molecule has 1 heterocycles. The van der Waals surface area contributed by atoms with Crippen LogP contribution in [-0.4, -0.2) is 37.0 Å². The molecule has 0 bridgehead atoms. The summed E-state index contributed by atoms with van der Waals surface area (Å²) in [5.74, 6) is -0.544. The fourth-order valence-electron chi connectivity index (χ4n) is 2.70. The number of alkyl halides is 3. The highest BCUT2D eigenvalue weighted by Gasteiger charge is 2.33. The van der Waals surface area contributed by atoms with E-state index in [4.69, 9.17) is 5.73 Å². The molecule has 7 heteroatoms. The number of benzene rings is 1. The topological polar surface area (TPSA) is 58.4 Å². The van der Waals surface area contributed by atoms with Crippen LogP contribution in [0.3, 0.4) is 0 Å². The second kappa shape index (κ2) is 5.79. The number of likely N-dealkylation sites (tertiary alicyclic amines) is 1. The van der Waals surface area contributed by atoms with Crippen molar-refractivity contribution in [3.8, 4) is 0 Å². The molecule has 2 rings (SSSR count). The van der Waals surface area contributed by atoms with E-state index in [2.05, 4.69) is 24.1 Å². The monoisotopic (exact) mass is 315 g/mol. The summed E-state index contributed by atoms with van der Waals surface area (Å²) < 4.78 is 38.1. The summed E-state index contributed by atoms with van der Waals surface area (Å²) >= 11 is 0. The molecule has 1 aliphatic heterocycles. The van der Waals surface area contributed by atoms with Crippen molar-refractivity contribution in [2.45, 2.75) is 20.0 Å². The van der Waals surface area contributed by atoms with Gasteiger partial charge in [0.05, 0.1) is 5.56 Å². The van der Waals surface area contributed by atoms with Gasteiger partial charge in [-0.3, -0.25) is 4.79 Å². The zero-order chi connectivity index (χ0) is 16.5. The van der Waals surface area contributed by atoms with Crippen LogP contribution in [0.4, 0.5) is 18.9 Å². The zero-order valence-electron chi connectivity index (χ0n) is 12.6. The number of nitrogens with one attached hydrogen (secondary N) is 1. The summed E-state index contributed by atoms with van der Waals surface area (Å²) in [7, 11) is 0. The van der Waals surface area contributed by atoms with E-state index in [0.29, 0.717) is 18.5 Å². The number of rotatable bonds is 4. The largest absolute Gasteiger partial charge is 0.416 e. The third-order valence-electron chi connectivity index (χ3n) is 3.56. The van der Waals surface area contributed by atoms with Crippen LogP contribution >= 0.6 is 0 Å². The molecule has 1 aromatic rings. The Morgan fingerprint density at radius 2 is 1.95 bits per heavy atom. The van der Waals surface area contributed by atoms with E-state index in [0.717, 1.165) is 25.2 Å². The molecule has 4 nitrogen and oxygen atoms in total. The molecule has 0 aromatic heterocycles. The van der Waals surface area contributed by atoms with Gasteiger partial charge in [0.15, 0.2) is 0 Å². The van der Waals surface area contributed by atoms with Gasteiger partial charge in [-0.2, -0.15) is 13.2 Å². The highest BCUT2D eigenvalue weighted by atomic mass is 19.4. The smallest absolute Gasteiger partial charge is 0.399 e. The predicted octanol–water partition coefficient (Wildman–Crippen LogP) is 2.36. The van der Waals surface area contributed by atoms with Crippen molar-refractivity contribution < 1.29 is 18.0 Å². The third kappa shape index (κ3) is 4.13. The number of nitrogens with two attached hydrogens (primary N) is 1. The Hall–Kier alpha value is -1.76. The van der Waals surface area contributed by atoms with E-state index >= 15 is 0 Å². The molecule has 22 heavy (non-hydrogen) atoms. The van der Waals surface area contributed by atoms with Gasteiger partial charge in [0.2, 0.25) is 0 Å². The highest BCUT2D eigenvalue weighted by molar-refractivity contribution is 5.95. The summed E-state index contributed by atoms with van der Waals surface area (Å²) in [5, 5.41) is 2.63. The normalized spacial score (nSPS) is 17.9. The lowest BCUT2D eigenvalue weighted by atomic mass is 9.84. The van der Waals surface area contributed by atoms with Gasteiger partial charge in [0.1, 0.15) is 0 Å². The second-order valence-corrected chi connectivity index (χ2v) is 6.47. The maximum atomic E-state index is 12.7. The van der Waals surface area contributed by atoms with Crippen molar-refractivity contribution >= 4 is 11.6 Å². The van der Waals surface area contributed by atoms with Gasteiger partial charge in [-0.25, -0.2) is 0 Å². The van der Waals surface area contributed by atoms with E-state index in [1.54, 1.807) is 0 Å². The molecule has 1 saturated heterocycles. The zero-order valence-corrected chi connectivity index (χ0v) is 12.6. The maximum Gasteiger partial charge on any atom is 0.416 e. The molecule has 1 amide bonds. The van der Waals surface area contributed by atoms with Crippen molar-refractivity contribution in [1.82, 2.24) is 10.2 Å². The van der Waals surface area contributed by atoms with Crippen molar-refractivity contribution in [2.24, 2.45) is 5.41 Å². The van der Waals surface area contributed by atoms with Crippen LogP contribution in [-0.2, 0) is 6.18 Å². The molecular formula is C15H20F3N3O. The van der Waals surface area contributed by atoms with Crippen molar-refractivity contribution in [2.75, 3.05) is 31.9 Å². The fourth-order valence-corrected chi connectivity index (χ4v) is 2.70. The minimum atomic E-state index is -4.52. The molecule has 0 saturated carbocycles. The number of nitrogens with zero attached hydrogens (tertiary/aromatic N) is 1. The first-order valence-corrected chi connectivity index (χ1v) is 7.05. The molecule has 1 aromatic carbocycles. The molecule has 0 radical (unpaired) electrons. The molecule has 122 valence electrons. The van der Waals surface area contributed by atoms with Gasteiger partial charge in [0.25, 0.3) is 5.91 Å². The molecule has 1 aliphatic rings. The number of anilines is 1. The van der Waals surface area contributed by atoms with Gasteiger partial charge in [-0.1, -0.05) is 13.8 Å². The molecule has 0 aliphatic carbocycles. The maximum absolute atomic E-state index is 12.7. The highest BCUT2D eigenvalue weighted by Crippen LogP contribution is 2.31. The molecule has 0 atom stereocenters. The Bertz CT molecular complexity index is 562. The quantitative estimate of drug-likeness (QED) is 0.839. The van der Waals surface area contributed by atoms with Gasteiger partial charge >= 0.3 is 6.18 Å². The van der Waals surface area contributed by atoms with Crippen molar-refractivity contribution in [3.63, 3.8) is 0 Å². The van der Waals surface area contributed by atoms with Crippen LogP contribution in [0.5, 0.6) is 0 Å². The van der Waals surface area contributed by atoms with E-state index in [1.165, 1.54) is 6.07 Å². The Balaban J connectivity index is 1.91. The SMILES string of the molecule is CC1(C)CN(CCNC(=O)c2cc(N)cc(C(F)(F)F)c2)C1. The van der Waals surface area contributed by atoms with Gasteiger partial charge in [0, 0.05) is 37.4 Å². The minimum Gasteiger partial charge on any atom is -0.399 e. The van der Waals surface area contributed by atoms with Crippen LogP contribution in [0.1, 0.15) is 29.8 Å². The summed E-state index contributed by atoms with van der Waals surface area (Å²) in [6, 6.07) is 2.88. The number of amides is 1. The Labute approximate surface area is 127 Å². The summed E-state index contributed by atoms with van der Waals surface area (Å²) in [6.45, 7) is 7.31. The van der Waals surface area contributed by atoms with Gasteiger partial charge in [-0.15, -0.1) is 0 Å². The number of carbonyl (C=O) groups excluding carboxylic acids is 1. The first-order valence-electron chi connectivity index (χ1n) is 7.05. The predicted molar refractivity (Wildman–Crippen MR) is 78.4 cm³/mol. The van der Waals surface area contributed by atoms with E-state index in [9.17, 15) is 18.0 Å². The number of hydrogen-bond acceptors (Lipinski definition) is 3. The van der Waals surface area contributed by atoms with Crippen LogP contribution in [0.15, 0.2) is 18.2 Å². The van der Waals surface area contributed by atoms with Crippen LogP contribution in [0, 0.1) is 5.41 Å². The summed E-state index contributed by atoms with van der Waals surface area (Å²) in [4.78, 5) is 14.1. The fraction of sp³-hybridized carbons (Fsp3) is 0.533. The number of carbonyl (C=O) groups is 1. The Morgan fingerprint density at radius 3 is 2.50 bits per heavy atom.